The highest BCUT2D eigenvalue weighted by Crippen LogP contribution is 2.19. The third kappa shape index (κ3) is 4.72. The molecule has 0 bridgehead atoms. The molecule has 1 heterocycles. The minimum absolute atomic E-state index is 0. The smallest absolute Gasteiger partial charge is 0.191 e. The summed E-state index contributed by atoms with van der Waals surface area (Å²) in [7, 11) is 1.92. The van der Waals surface area contributed by atoms with Crippen LogP contribution < -0.4 is 5.73 Å². The fourth-order valence-corrected chi connectivity index (χ4v) is 2.24. The van der Waals surface area contributed by atoms with Gasteiger partial charge in [0.2, 0.25) is 0 Å². The average molecular weight is 413 g/mol. The number of aliphatic imine (C=N–C) groups is 1. The van der Waals surface area contributed by atoms with Gasteiger partial charge in [0.15, 0.2) is 5.96 Å². The van der Waals surface area contributed by atoms with Crippen LogP contribution in [0.2, 0.25) is 0 Å². The minimum Gasteiger partial charge on any atom is -0.370 e. The van der Waals surface area contributed by atoms with Crippen molar-refractivity contribution < 1.29 is 0 Å². The molecule has 0 radical (unpaired) electrons. The molecule has 0 saturated heterocycles. The van der Waals surface area contributed by atoms with Gasteiger partial charge in [0.05, 0.1) is 12.7 Å². The molecule has 0 saturated carbocycles. The minimum atomic E-state index is 0. The number of halogens is 1. The van der Waals surface area contributed by atoms with Crippen molar-refractivity contribution in [3.63, 3.8) is 0 Å². The lowest BCUT2D eigenvalue weighted by Gasteiger charge is -2.19. The molecular formula is C16H24IN5. The molecule has 0 fully saturated rings. The van der Waals surface area contributed by atoms with Crippen LogP contribution in [0.25, 0.3) is 11.1 Å². The van der Waals surface area contributed by atoms with Crippen molar-refractivity contribution in [2.45, 2.75) is 20.4 Å². The highest BCUT2D eigenvalue weighted by Gasteiger charge is 2.04. The second-order valence-corrected chi connectivity index (χ2v) is 4.95. The fraction of sp³-hybridized carbons (Fsp3) is 0.375. The highest BCUT2D eigenvalue weighted by atomic mass is 127. The van der Waals surface area contributed by atoms with Crippen LogP contribution in [0.3, 0.4) is 0 Å². The van der Waals surface area contributed by atoms with E-state index in [4.69, 9.17) is 5.73 Å². The van der Waals surface area contributed by atoms with Gasteiger partial charge in [-0.1, -0.05) is 18.2 Å². The summed E-state index contributed by atoms with van der Waals surface area (Å²) in [6.07, 6.45) is 3.87. The summed E-state index contributed by atoms with van der Waals surface area (Å²) in [4.78, 5) is 6.52. The predicted octanol–water partition coefficient (Wildman–Crippen LogP) is 2.86. The van der Waals surface area contributed by atoms with Crippen molar-refractivity contribution in [2.24, 2.45) is 17.8 Å². The van der Waals surface area contributed by atoms with Crippen molar-refractivity contribution in [2.75, 3.05) is 13.1 Å². The zero-order valence-electron chi connectivity index (χ0n) is 13.4. The largest absolute Gasteiger partial charge is 0.370 e. The van der Waals surface area contributed by atoms with Crippen LogP contribution in [0, 0.1) is 0 Å². The van der Waals surface area contributed by atoms with E-state index in [9.17, 15) is 0 Å². The first-order chi connectivity index (χ1) is 10.1. The Labute approximate surface area is 149 Å². The second kappa shape index (κ2) is 8.77. The number of aromatic nitrogens is 2. The number of hydrogen-bond donors (Lipinski definition) is 1. The maximum Gasteiger partial charge on any atom is 0.191 e. The lowest BCUT2D eigenvalue weighted by Crippen LogP contribution is -2.37. The van der Waals surface area contributed by atoms with Crippen molar-refractivity contribution in [3.05, 3.63) is 42.2 Å². The standard InChI is InChI=1S/C16H23N5.HI/c1-4-21(5-2)16(17)18-10-13-7-6-8-14(9-13)15-11-19-20(3)12-15;/h6-9,11-12H,4-5,10H2,1-3H3,(H2,17,18);1H. The van der Waals surface area contributed by atoms with Crippen LogP contribution in [0.5, 0.6) is 0 Å². The number of guanidine groups is 1. The molecule has 1 aromatic carbocycles. The van der Waals surface area contributed by atoms with Crippen LogP contribution >= 0.6 is 24.0 Å². The van der Waals surface area contributed by atoms with E-state index in [1.54, 1.807) is 4.68 Å². The molecule has 0 aliphatic heterocycles. The second-order valence-electron chi connectivity index (χ2n) is 4.95. The molecule has 2 rings (SSSR count). The summed E-state index contributed by atoms with van der Waals surface area (Å²) in [6, 6.07) is 8.33. The summed E-state index contributed by atoms with van der Waals surface area (Å²) in [5, 5.41) is 4.20. The van der Waals surface area contributed by atoms with Gasteiger partial charge in [-0.25, -0.2) is 4.99 Å². The first kappa shape index (κ1) is 18.5. The first-order valence-electron chi connectivity index (χ1n) is 7.26. The molecular weight excluding hydrogens is 389 g/mol. The number of nitrogens with two attached hydrogens (primary N) is 1. The van der Waals surface area contributed by atoms with Crippen LogP contribution in [0.1, 0.15) is 19.4 Å². The zero-order chi connectivity index (χ0) is 15.2. The van der Waals surface area contributed by atoms with E-state index in [0.717, 1.165) is 29.8 Å². The third-order valence-electron chi connectivity index (χ3n) is 3.48. The average Bonchev–Trinajstić information content (AvgIpc) is 2.93. The summed E-state index contributed by atoms with van der Waals surface area (Å²) in [5.41, 5.74) is 9.41. The Morgan fingerprint density at radius 1 is 1.27 bits per heavy atom. The summed E-state index contributed by atoms with van der Waals surface area (Å²) in [6.45, 7) is 6.50. The SMILES string of the molecule is CCN(CC)C(N)=NCc1cccc(-c2cnn(C)c2)c1.I. The van der Waals surface area contributed by atoms with Crippen molar-refractivity contribution in [1.82, 2.24) is 14.7 Å². The monoisotopic (exact) mass is 413 g/mol. The molecule has 120 valence electrons. The summed E-state index contributed by atoms with van der Waals surface area (Å²) < 4.78 is 1.80. The Kier molecular flexibility index (Phi) is 7.37. The van der Waals surface area contributed by atoms with Crippen LogP contribution in [-0.4, -0.2) is 33.7 Å². The Hall–Kier alpha value is -1.57. The van der Waals surface area contributed by atoms with Crippen molar-refractivity contribution in [3.8, 4) is 11.1 Å². The number of nitrogens with zero attached hydrogens (tertiary/aromatic N) is 4. The van der Waals surface area contributed by atoms with Gasteiger partial charge in [0.25, 0.3) is 0 Å². The molecule has 0 aliphatic rings. The Morgan fingerprint density at radius 3 is 2.59 bits per heavy atom. The van der Waals surface area contributed by atoms with Gasteiger partial charge in [0.1, 0.15) is 0 Å². The highest BCUT2D eigenvalue weighted by molar-refractivity contribution is 14.0. The molecule has 0 atom stereocenters. The van der Waals surface area contributed by atoms with Gasteiger partial charge in [-0.2, -0.15) is 5.10 Å². The number of rotatable bonds is 5. The van der Waals surface area contributed by atoms with Gasteiger partial charge < -0.3 is 10.6 Å². The summed E-state index contributed by atoms with van der Waals surface area (Å²) >= 11 is 0. The quantitative estimate of drug-likeness (QED) is 0.466. The van der Waals surface area contributed by atoms with Gasteiger partial charge in [0, 0.05) is 31.9 Å². The molecule has 22 heavy (non-hydrogen) atoms. The maximum absolute atomic E-state index is 6.00. The topological polar surface area (TPSA) is 59.4 Å². The Bertz CT molecular complexity index is 617. The maximum atomic E-state index is 6.00. The predicted molar refractivity (Wildman–Crippen MR) is 102 cm³/mol. The van der Waals surface area contributed by atoms with E-state index in [0.29, 0.717) is 12.5 Å². The van der Waals surface area contributed by atoms with E-state index in [1.807, 2.05) is 30.4 Å². The van der Waals surface area contributed by atoms with E-state index in [2.05, 4.69) is 42.1 Å². The normalized spacial score (nSPS) is 11.1. The van der Waals surface area contributed by atoms with Crippen molar-refractivity contribution >= 4 is 29.9 Å². The lowest BCUT2D eigenvalue weighted by molar-refractivity contribution is 0.458. The fourth-order valence-electron chi connectivity index (χ4n) is 2.24. The van der Waals surface area contributed by atoms with E-state index >= 15 is 0 Å². The molecule has 2 aromatic rings. The molecule has 5 nitrogen and oxygen atoms in total. The third-order valence-corrected chi connectivity index (χ3v) is 3.48. The van der Waals surface area contributed by atoms with E-state index in [1.165, 1.54) is 0 Å². The number of aryl methyl sites for hydroxylation is 1. The van der Waals surface area contributed by atoms with E-state index in [-0.39, 0.29) is 24.0 Å². The molecule has 0 spiro atoms. The van der Waals surface area contributed by atoms with Crippen molar-refractivity contribution in [1.29, 1.82) is 0 Å². The molecule has 0 unspecified atom stereocenters. The van der Waals surface area contributed by atoms with E-state index < -0.39 is 0 Å². The molecule has 1 aromatic heterocycles. The lowest BCUT2D eigenvalue weighted by atomic mass is 10.1. The van der Waals surface area contributed by atoms with Crippen LogP contribution in [-0.2, 0) is 13.6 Å². The number of benzene rings is 1. The Balaban J connectivity index is 0.00000242. The van der Waals surface area contributed by atoms with Gasteiger partial charge >= 0.3 is 0 Å². The molecule has 6 heteroatoms. The summed E-state index contributed by atoms with van der Waals surface area (Å²) in [5.74, 6) is 0.604. The van der Waals surface area contributed by atoms with Gasteiger partial charge in [-0.05, 0) is 31.0 Å². The Morgan fingerprint density at radius 2 is 2.00 bits per heavy atom. The van der Waals surface area contributed by atoms with Gasteiger partial charge in [-0.3, -0.25) is 4.68 Å². The number of hydrogen-bond acceptors (Lipinski definition) is 2. The molecule has 0 aliphatic carbocycles. The van der Waals surface area contributed by atoms with Gasteiger partial charge in [-0.15, -0.1) is 24.0 Å². The van der Waals surface area contributed by atoms with Crippen LogP contribution in [0.15, 0.2) is 41.7 Å². The zero-order valence-corrected chi connectivity index (χ0v) is 15.7. The van der Waals surface area contributed by atoms with Crippen LogP contribution in [0.4, 0.5) is 0 Å². The molecule has 2 N–H and O–H groups in total. The first-order valence-corrected chi connectivity index (χ1v) is 7.26. The molecule has 0 amide bonds.